The van der Waals surface area contributed by atoms with Crippen molar-refractivity contribution in [1.82, 2.24) is 25.0 Å². The van der Waals surface area contributed by atoms with Crippen LogP contribution in [0.2, 0.25) is 0 Å². The molecule has 1 saturated heterocycles. The van der Waals surface area contributed by atoms with Crippen molar-refractivity contribution in [3.05, 3.63) is 36.2 Å². The van der Waals surface area contributed by atoms with Gasteiger partial charge in [-0.05, 0) is 0 Å². The number of fused-ring (bicyclic) bond motifs is 1. The van der Waals surface area contributed by atoms with Gasteiger partial charge in [0.05, 0.1) is 25.7 Å². The maximum atomic E-state index is 12.8. The lowest BCUT2D eigenvalue weighted by Gasteiger charge is -2.24. The molecule has 0 bridgehead atoms. The van der Waals surface area contributed by atoms with Crippen LogP contribution in [0.25, 0.3) is 11.4 Å². The molecule has 0 spiro atoms. The fourth-order valence-corrected chi connectivity index (χ4v) is 3.35. The number of hydrogen-bond donors (Lipinski definition) is 1. The second kappa shape index (κ2) is 8.62. The number of halogens is 1. The summed E-state index contributed by atoms with van der Waals surface area (Å²) in [6.07, 6.45) is 0.729. The summed E-state index contributed by atoms with van der Waals surface area (Å²) in [5, 5.41) is 7.90. The third kappa shape index (κ3) is 4.06. The summed E-state index contributed by atoms with van der Waals surface area (Å²) in [6, 6.07) is 10.0. The minimum atomic E-state index is -0.0965. The molecule has 1 atom stereocenters. The minimum absolute atomic E-state index is 0. The molecule has 2 aromatic rings. The van der Waals surface area contributed by atoms with Crippen molar-refractivity contribution in [2.24, 2.45) is 5.92 Å². The van der Waals surface area contributed by atoms with Gasteiger partial charge in [-0.1, -0.05) is 30.3 Å². The van der Waals surface area contributed by atoms with Gasteiger partial charge in [0, 0.05) is 38.2 Å². The van der Waals surface area contributed by atoms with E-state index >= 15 is 0 Å². The Hall–Kier alpha value is -1.96. The second-order valence-electron chi connectivity index (χ2n) is 6.49. The fourth-order valence-electron chi connectivity index (χ4n) is 3.35. The minimum Gasteiger partial charge on any atom is -0.379 e. The Morgan fingerprint density at radius 1 is 1.19 bits per heavy atom. The summed E-state index contributed by atoms with van der Waals surface area (Å²) in [4.78, 5) is 19.4. The van der Waals surface area contributed by atoms with Crippen LogP contribution in [0.3, 0.4) is 0 Å². The average molecular weight is 378 g/mol. The van der Waals surface area contributed by atoms with E-state index in [0.29, 0.717) is 39.4 Å². The highest BCUT2D eigenvalue weighted by atomic mass is 35.5. The largest absolute Gasteiger partial charge is 0.379 e. The molecule has 1 unspecified atom stereocenters. The number of hydrogen-bond acceptors (Lipinski definition) is 5. The highest BCUT2D eigenvalue weighted by Crippen LogP contribution is 2.17. The fraction of sp³-hybridized carbons (Fsp3) is 0.500. The molecule has 0 radical (unpaired) electrons. The Labute approximate surface area is 159 Å². The van der Waals surface area contributed by atoms with E-state index in [1.165, 1.54) is 0 Å². The molecule has 1 N–H and O–H groups in total. The van der Waals surface area contributed by atoms with Crippen LogP contribution in [-0.2, 0) is 22.5 Å². The standard InChI is InChI=1S/C18H23N5O2.ClH/c24-18(15-12-19-7-11-25-13-15)22-8-6-16-20-17(21-23(16)10-9-22)14-4-2-1-3-5-14;/h1-5,15,19H,6-13H2;1H. The van der Waals surface area contributed by atoms with E-state index < -0.39 is 0 Å². The van der Waals surface area contributed by atoms with Crippen LogP contribution < -0.4 is 5.32 Å². The zero-order valence-electron chi connectivity index (χ0n) is 14.6. The van der Waals surface area contributed by atoms with Gasteiger partial charge < -0.3 is 15.0 Å². The molecule has 1 fully saturated rings. The van der Waals surface area contributed by atoms with Gasteiger partial charge in [0.15, 0.2) is 5.82 Å². The quantitative estimate of drug-likeness (QED) is 0.845. The molecule has 2 aliphatic heterocycles. The normalized spacial score (nSPS) is 20.5. The topological polar surface area (TPSA) is 72.3 Å². The van der Waals surface area contributed by atoms with Gasteiger partial charge in [-0.3, -0.25) is 4.79 Å². The molecule has 1 amide bonds. The molecule has 3 heterocycles. The van der Waals surface area contributed by atoms with E-state index in [-0.39, 0.29) is 24.2 Å². The molecule has 7 nitrogen and oxygen atoms in total. The number of nitrogens with zero attached hydrogens (tertiary/aromatic N) is 4. The van der Waals surface area contributed by atoms with Gasteiger partial charge >= 0.3 is 0 Å². The molecule has 8 heteroatoms. The number of amides is 1. The summed E-state index contributed by atoms with van der Waals surface area (Å²) in [5.41, 5.74) is 1.03. The van der Waals surface area contributed by atoms with Crippen molar-refractivity contribution in [2.75, 3.05) is 39.4 Å². The van der Waals surface area contributed by atoms with E-state index in [0.717, 1.165) is 30.2 Å². The molecule has 2 aliphatic rings. The van der Waals surface area contributed by atoms with Gasteiger partial charge in [0.2, 0.25) is 5.91 Å². The molecule has 4 rings (SSSR count). The summed E-state index contributed by atoms with van der Waals surface area (Å²) < 4.78 is 7.46. The average Bonchev–Trinajstić information content (AvgIpc) is 2.83. The molecular weight excluding hydrogens is 354 g/mol. The van der Waals surface area contributed by atoms with E-state index in [9.17, 15) is 4.79 Å². The number of rotatable bonds is 2. The van der Waals surface area contributed by atoms with Crippen molar-refractivity contribution in [2.45, 2.75) is 13.0 Å². The molecule has 1 aromatic heterocycles. The molecular formula is C18H24ClN5O2. The molecule has 140 valence electrons. The maximum Gasteiger partial charge on any atom is 0.229 e. The summed E-state index contributed by atoms with van der Waals surface area (Å²) in [6.45, 7) is 4.71. The smallest absolute Gasteiger partial charge is 0.229 e. The van der Waals surface area contributed by atoms with Crippen LogP contribution in [-0.4, -0.2) is 65.0 Å². The third-order valence-electron chi connectivity index (χ3n) is 4.76. The Bertz CT molecular complexity index is 703. The van der Waals surface area contributed by atoms with Gasteiger partial charge in [0.25, 0.3) is 0 Å². The Kier molecular flexibility index (Phi) is 6.24. The lowest BCUT2D eigenvalue weighted by Crippen LogP contribution is -2.42. The van der Waals surface area contributed by atoms with E-state index in [1.54, 1.807) is 0 Å². The third-order valence-corrected chi connectivity index (χ3v) is 4.76. The first-order valence-corrected chi connectivity index (χ1v) is 8.87. The number of nitrogens with one attached hydrogen (secondary N) is 1. The van der Waals surface area contributed by atoms with Crippen molar-refractivity contribution in [1.29, 1.82) is 0 Å². The zero-order valence-corrected chi connectivity index (χ0v) is 15.5. The Balaban J connectivity index is 0.00000196. The molecule has 0 saturated carbocycles. The second-order valence-corrected chi connectivity index (χ2v) is 6.49. The van der Waals surface area contributed by atoms with Crippen molar-refractivity contribution in [3.8, 4) is 11.4 Å². The molecule has 1 aromatic carbocycles. The van der Waals surface area contributed by atoms with E-state index in [4.69, 9.17) is 4.74 Å². The molecule has 0 aliphatic carbocycles. The predicted molar refractivity (Wildman–Crippen MR) is 100 cm³/mol. The van der Waals surface area contributed by atoms with Crippen LogP contribution in [0.1, 0.15) is 5.82 Å². The highest BCUT2D eigenvalue weighted by Gasteiger charge is 2.28. The maximum absolute atomic E-state index is 12.8. The van der Waals surface area contributed by atoms with Crippen LogP contribution in [0, 0.1) is 5.92 Å². The van der Waals surface area contributed by atoms with Gasteiger partial charge in [-0.25, -0.2) is 9.67 Å². The SMILES string of the molecule is Cl.O=C(C1CNCCOC1)N1CCc2nc(-c3ccccc3)nn2CC1. The number of carbonyl (C=O) groups is 1. The van der Waals surface area contributed by atoms with Crippen molar-refractivity contribution < 1.29 is 9.53 Å². The predicted octanol–water partition coefficient (Wildman–Crippen LogP) is 0.988. The lowest BCUT2D eigenvalue weighted by molar-refractivity contribution is -0.136. The van der Waals surface area contributed by atoms with Gasteiger partial charge in [-0.2, -0.15) is 5.10 Å². The monoisotopic (exact) mass is 377 g/mol. The van der Waals surface area contributed by atoms with Crippen LogP contribution in [0.5, 0.6) is 0 Å². The van der Waals surface area contributed by atoms with Crippen molar-refractivity contribution >= 4 is 18.3 Å². The number of benzene rings is 1. The number of ether oxygens (including phenoxy) is 1. The number of carbonyl (C=O) groups excluding carboxylic acids is 1. The van der Waals surface area contributed by atoms with Gasteiger partial charge in [-0.15, -0.1) is 12.4 Å². The first-order chi connectivity index (χ1) is 12.3. The van der Waals surface area contributed by atoms with Crippen molar-refractivity contribution in [3.63, 3.8) is 0 Å². The summed E-state index contributed by atoms with van der Waals surface area (Å²) in [5.74, 6) is 1.78. The Morgan fingerprint density at radius 2 is 2.04 bits per heavy atom. The van der Waals surface area contributed by atoms with Crippen LogP contribution in [0.15, 0.2) is 30.3 Å². The molecule has 26 heavy (non-hydrogen) atoms. The van der Waals surface area contributed by atoms with Crippen LogP contribution >= 0.6 is 12.4 Å². The van der Waals surface area contributed by atoms with Crippen LogP contribution in [0.4, 0.5) is 0 Å². The first-order valence-electron chi connectivity index (χ1n) is 8.87. The first kappa shape index (κ1) is 18.8. The van der Waals surface area contributed by atoms with E-state index in [1.807, 2.05) is 39.9 Å². The summed E-state index contributed by atoms with van der Waals surface area (Å²) in [7, 11) is 0. The zero-order chi connectivity index (χ0) is 17.1. The highest BCUT2D eigenvalue weighted by molar-refractivity contribution is 5.85. The Morgan fingerprint density at radius 3 is 2.88 bits per heavy atom. The number of aromatic nitrogens is 3. The van der Waals surface area contributed by atoms with E-state index in [2.05, 4.69) is 15.4 Å². The lowest BCUT2D eigenvalue weighted by atomic mass is 10.1. The summed E-state index contributed by atoms with van der Waals surface area (Å²) >= 11 is 0. The van der Waals surface area contributed by atoms with Gasteiger partial charge in [0.1, 0.15) is 5.82 Å².